The van der Waals surface area contributed by atoms with E-state index in [1.807, 2.05) is 25.1 Å². The molecule has 0 N–H and O–H groups in total. The first kappa shape index (κ1) is 21.2. The Morgan fingerprint density at radius 1 is 1.00 bits per heavy atom. The van der Waals surface area contributed by atoms with Gasteiger partial charge in [0.1, 0.15) is 6.10 Å². The lowest BCUT2D eigenvalue weighted by atomic mass is 9.87. The maximum Gasteiger partial charge on any atom is 0.310 e. The van der Waals surface area contributed by atoms with E-state index in [1.54, 1.807) is 0 Å². The molecule has 26 heavy (non-hydrogen) atoms. The molecule has 1 aliphatic rings. The molecule has 4 heteroatoms. The van der Waals surface area contributed by atoms with Crippen LogP contribution in [0.2, 0.25) is 16.6 Å². The van der Waals surface area contributed by atoms with Crippen molar-refractivity contribution in [1.29, 1.82) is 0 Å². The smallest absolute Gasteiger partial charge is 0.310 e. The summed E-state index contributed by atoms with van der Waals surface area (Å²) < 4.78 is 12.4. The van der Waals surface area contributed by atoms with Crippen LogP contribution in [0.1, 0.15) is 54.0 Å². The van der Waals surface area contributed by atoms with Gasteiger partial charge in [0.25, 0.3) is 0 Å². The number of ether oxygens (including phenoxy) is 1. The molecule has 1 aromatic rings. The Morgan fingerprint density at radius 2 is 1.54 bits per heavy atom. The molecule has 1 fully saturated rings. The van der Waals surface area contributed by atoms with Gasteiger partial charge in [-0.05, 0) is 35.5 Å². The van der Waals surface area contributed by atoms with Gasteiger partial charge in [0.15, 0.2) is 8.32 Å². The number of carbonyl (C=O) groups is 1. The first-order valence-electron chi connectivity index (χ1n) is 10.1. The van der Waals surface area contributed by atoms with E-state index in [9.17, 15) is 4.79 Å². The number of hydrogen-bond acceptors (Lipinski definition) is 3. The number of rotatable bonds is 8. The number of cyclic esters (lactones) is 1. The molecule has 0 aromatic heterocycles. The predicted octanol–water partition coefficient (Wildman–Crippen LogP) is 5.60. The van der Waals surface area contributed by atoms with Gasteiger partial charge >= 0.3 is 5.97 Å². The molecule has 0 radical (unpaired) electrons. The predicted molar refractivity (Wildman–Crippen MR) is 110 cm³/mol. The average Bonchev–Trinajstić information content (AvgIpc) is 2.82. The van der Waals surface area contributed by atoms with E-state index in [2.05, 4.69) is 53.7 Å². The highest BCUT2D eigenvalue weighted by Gasteiger charge is 2.48. The lowest BCUT2D eigenvalue weighted by Gasteiger charge is -2.43. The van der Waals surface area contributed by atoms with Gasteiger partial charge in [-0.25, -0.2) is 0 Å². The second-order valence-electron chi connectivity index (χ2n) is 8.73. The van der Waals surface area contributed by atoms with Crippen molar-refractivity contribution in [2.24, 2.45) is 11.8 Å². The van der Waals surface area contributed by atoms with Gasteiger partial charge in [0.05, 0.1) is 5.92 Å². The molecule has 1 saturated heterocycles. The Morgan fingerprint density at radius 3 is 2.04 bits per heavy atom. The first-order valence-corrected chi connectivity index (χ1v) is 12.2. The highest BCUT2D eigenvalue weighted by Crippen LogP contribution is 2.43. The summed E-state index contributed by atoms with van der Waals surface area (Å²) in [7, 11) is -1.94. The molecule has 0 amide bonds. The summed E-state index contributed by atoms with van der Waals surface area (Å²) >= 11 is 0. The third kappa shape index (κ3) is 4.23. The molecular weight excluding hydrogens is 340 g/mol. The summed E-state index contributed by atoms with van der Waals surface area (Å²) in [4.78, 5) is 12.5. The second-order valence-corrected chi connectivity index (χ2v) is 14.2. The van der Waals surface area contributed by atoms with Gasteiger partial charge < -0.3 is 9.16 Å². The minimum Gasteiger partial charge on any atom is -0.462 e. The quantitative estimate of drug-likeness (QED) is 0.438. The molecule has 0 bridgehead atoms. The zero-order valence-electron chi connectivity index (χ0n) is 17.5. The zero-order valence-corrected chi connectivity index (χ0v) is 18.5. The normalized spacial score (nSPS) is 23.9. The monoisotopic (exact) mass is 376 g/mol. The third-order valence-corrected chi connectivity index (χ3v) is 12.3. The van der Waals surface area contributed by atoms with Crippen LogP contribution in [0.4, 0.5) is 0 Å². The van der Waals surface area contributed by atoms with Crippen LogP contribution in [-0.4, -0.2) is 27.0 Å². The maximum absolute atomic E-state index is 12.5. The Labute approximate surface area is 160 Å². The maximum atomic E-state index is 12.5. The number of hydrogen-bond donors (Lipinski definition) is 0. The van der Waals surface area contributed by atoms with E-state index in [4.69, 9.17) is 9.16 Å². The zero-order chi connectivity index (χ0) is 19.5. The van der Waals surface area contributed by atoms with Crippen molar-refractivity contribution >= 4 is 14.3 Å². The van der Waals surface area contributed by atoms with Crippen LogP contribution in [0.3, 0.4) is 0 Å². The van der Waals surface area contributed by atoms with E-state index in [1.165, 1.54) is 5.56 Å². The summed E-state index contributed by atoms with van der Waals surface area (Å²) in [6, 6.07) is 10.2. The molecular formula is C22H36O3Si. The van der Waals surface area contributed by atoms with Crippen LogP contribution >= 0.6 is 0 Å². The Hall–Kier alpha value is -1.13. The summed E-state index contributed by atoms with van der Waals surface area (Å²) in [6.45, 7) is 16.4. The van der Waals surface area contributed by atoms with E-state index < -0.39 is 8.32 Å². The van der Waals surface area contributed by atoms with Crippen molar-refractivity contribution in [3.63, 3.8) is 0 Å². The van der Waals surface area contributed by atoms with E-state index in [-0.39, 0.29) is 23.9 Å². The molecule has 1 aromatic carbocycles. The summed E-state index contributed by atoms with van der Waals surface area (Å²) in [5, 5.41) is 0. The van der Waals surface area contributed by atoms with Crippen molar-refractivity contribution in [3.8, 4) is 0 Å². The molecule has 2 rings (SSSR count). The van der Waals surface area contributed by atoms with Crippen molar-refractivity contribution in [2.75, 3.05) is 6.61 Å². The Bertz CT molecular complexity index is 561. The van der Waals surface area contributed by atoms with Crippen molar-refractivity contribution in [3.05, 3.63) is 35.9 Å². The van der Waals surface area contributed by atoms with Gasteiger partial charge in [0.2, 0.25) is 0 Å². The van der Waals surface area contributed by atoms with Gasteiger partial charge in [-0.2, -0.15) is 0 Å². The number of benzene rings is 1. The van der Waals surface area contributed by atoms with Crippen LogP contribution < -0.4 is 0 Å². The van der Waals surface area contributed by atoms with Crippen LogP contribution in [0.5, 0.6) is 0 Å². The van der Waals surface area contributed by atoms with Crippen LogP contribution in [0.25, 0.3) is 0 Å². The van der Waals surface area contributed by atoms with Gasteiger partial charge in [0, 0.05) is 12.5 Å². The van der Waals surface area contributed by atoms with Gasteiger partial charge in [-0.15, -0.1) is 0 Å². The fourth-order valence-corrected chi connectivity index (χ4v) is 10.4. The highest BCUT2D eigenvalue weighted by molar-refractivity contribution is 6.77. The molecule has 0 unspecified atom stereocenters. The van der Waals surface area contributed by atoms with Gasteiger partial charge in [-0.1, -0.05) is 71.9 Å². The standard InChI is InChI=1S/C22H36O3Si/c1-15(2)26(16(3)4,17(5)6)24-14-21-18(7)25-22(23)20(21)13-19-11-9-8-10-12-19/h8-12,15-18,20-21H,13-14H2,1-7H3/t18-,20+,21-/m0/s1. The average molecular weight is 377 g/mol. The SMILES string of the molecule is CC(C)[Si](OC[C@H]1[C@H](C)OC(=O)[C@@H]1Cc1ccccc1)(C(C)C)C(C)C. The topological polar surface area (TPSA) is 35.5 Å². The minimum atomic E-state index is -1.94. The first-order chi connectivity index (χ1) is 12.2. The molecule has 146 valence electrons. The highest BCUT2D eigenvalue weighted by atomic mass is 28.4. The lowest BCUT2D eigenvalue weighted by molar-refractivity contribution is -0.143. The summed E-state index contributed by atoms with van der Waals surface area (Å²) in [5.41, 5.74) is 2.82. The van der Waals surface area contributed by atoms with Gasteiger partial charge in [-0.3, -0.25) is 4.79 Å². The van der Waals surface area contributed by atoms with Crippen molar-refractivity contribution in [1.82, 2.24) is 0 Å². The molecule has 1 heterocycles. The lowest BCUT2D eigenvalue weighted by Crippen LogP contribution is -2.49. The molecule has 3 atom stereocenters. The Kier molecular flexibility index (Phi) is 7.09. The van der Waals surface area contributed by atoms with Crippen LogP contribution in [0, 0.1) is 11.8 Å². The largest absolute Gasteiger partial charge is 0.462 e. The van der Waals surface area contributed by atoms with E-state index >= 15 is 0 Å². The van der Waals surface area contributed by atoms with Crippen molar-refractivity contribution in [2.45, 2.75) is 77.6 Å². The van der Waals surface area contributed by atoms with Crippen molar-refractivity contribution < 1.29 is 14.0 Å². The minimum absolute atomic E-state index is 0.0686. The third-order valence-electron chi connectivity index (χ3n) is 6.26. The second kappa shape index (κ2) is 8.70. The molecule has 0 aliphatic carbocycles. The van der Waals surface area contributed by atoms with E-state index in [0.717, 1.165) is 6.42 Å². The summed E-state index contributed by atoms with van der Waals surface area (Å²) in [5.74, 6) is -0.0442. The Balaban J connectivity index is 2.17. The van der Waals surface area contributed by atoms with Crippen LogP contribution in [-0.2, 0) is 20.4 Å². The number of carbonyl (C=O) groups excluding carboxylic acids is 1. The van der Waals surface area contributed by atoms with Crippen LogP contribution in [0.15, 0.2) is 30.3 Å². The molecule has 0 saturated carbocycles. The van der Waals surface area contributed by atoms with E-state index in [0.29, 0.717) is 23.2 Å². The molecule has 3 nitrogen and oxygen atoms in total. The fraction of sp³-hybridized carbons (Fsp3) is 0.682. The summed E-state index contributed by atoms with van der Waals surface area (Å²) in [6.07, 6.45) is 0.659. The molecule has 1 aliphatic heterocycles. The fourth-order valence-electron chi connectivity index (χ4n) is 4.95. The number of esters is 1. The molecule has 0 spiro atoms.